The first kappa shape index (κ1) is 15.4. The molecule has 1 atom stereocenters. The molecule has 1 aromatic heterocycles. The first-order chi connectivity index (χ1) is 9.63. The highest BCUT2D eigenvalue weighted by atomic mass is 16.3. The minimum Gasteiger partial charge on any atom is -0.391 e. The third-order valence-corrected chi connectivity index (χ3v) is 3.92. The van der Waals surface area contributed by atoms with Crippen LogP contribution in [0.1, 0.15) is 51.6 Å². The number of aliphatic hydroxyl groups is 1. The lowest BCUT2D eigenvalue weighted by Crippen LogP contribution is -2.20. The molecule has 1 fully saturated rings. The van der Waals surface area contributed by atoms with Gasteiger partial charge in [-0.2, -0.15) is 0 Å². The minimum absolute atomic E-state index is 0.295. The molecule has 0 radical (unpaired) electrons. The van der Waals surface area contributed by atoms with Crippen LogP contribution in [-0.4, -0.2) is 32.7 Å². The van der Waals surface area contributed by atoms with E-state index in [4.69, 9.17) is 0 Å². The molecule has 20 heavy (non-hydrogen) atoms. The Hall–Kier alpha value is -0.940. The quantitative estimate of drug-likeness (QED) is 0.764. The minimum atomic E-state index is -0.295. The highest BCUT2D eigenvalue weighted by molar-refractivity contribution is 4.91. The van der Waals surface area contributed by atoms with Crippen molar-refractivity contribution in [3.63, 3.8) is 0 Å². The van der Waals surface area contributed by atoms with Gasteiger partial charge in [-0.3, -0.25) is 0 Å². The molecule has 5 heteroatoms. The molecule has 0 aromatic carbocycles. The molecular weight excluding hydrogens is 252 g/mol. The van der Waals surface area contributed by atoms with Gasteiger partial charge in [-0.05, 0) is 24.8 Å². The third-order valence-electron chi connectivity index (χ3n) is 3.92. The van der Waals surface area contributed by atoms with Crippen molar-refractivity contribution in [2.75, 3.05) is 6.54 Å². The van der Waals surface area contributed by atoms with Gasteiger partial charge in [0.25, 0.3) is 0 Å². The molecule has 0 saturated heterocycles. The molecule has 2 rings (SSSR count). The summed E-state index contributed by atoms with van der Waals surface area (Å²) < 4.78 is 1.77. The summed E-state index contributed by atoms with van der Waals surface area (Å²) in [5.41, 5.74) is 0.943. The Morgan fingerprint density at radius 2 is 2.15 bits per heavy atom. The van der Waals surface area contributed by atoms with Crippen LogP contribution in [0, 0.1) is 11.8 Å². The van der Waals surface area contributed by atoms with Gasteiger partial charge < -0.3 is 10.4 Å². The van der Waals surface area contributed by atoms with Crippen molar-refractivity contribution in [1.82, 2.24) is 20.3 Å². The van der Waals surface area contributed by atoms with Crippen molar-refractivity contribution in [2.24, 2.45) is 11.8 Å². The standard InChI is InChI=1S/C15H28N4O/c1-12(2)8-16-9-14-10-19(18-17-14)11-15(20)7-13-5-3-4-6-13/h10,12-13,15-16,20H,3-9,11H2,1-2H3. The van der Waals surface area contributed by atoms with Gasteiger partial charge in [0.05, 0.1) is 18.3 Å². The number of rotatable bonds is 8. The van der Waals surface area contributed by atoms with Gasteiger partial charge in [0.2, 0.25) is 0 Å². The van der Waals surface area contributed by atoms with Crippen LogP contribution >= 0.6 is 0 Å². The van der Waals surface area contributed by atoms with Crippen molar-refractivity contribution in [3.8, 4) is 0 Å². The predicted molar refractivity (Wildman–Crippen MR) is 79.1 cm³/mol. The SMILES string of the molecule is CC(C)CNCc1cn(CC(O)CC2CCCC2)nn1. The molecule has 0 aliphatic heterocycles. The van der Waals surface area contributed by atoms with Gasteiger partial charge in [-0.1, -0.05) is 44.7 Å². The zero-order valence-corrected chi connectivity index (χ0v) is 12.8. The van der Waals surface area contributed by atoms with Gasteiger partial charge >= 0.3 is 0 Å². The van der Waals surface area contributed by atoms with Crippen LogP contribution in [0.15, 0.2) is 6.20 Å². The van der Waals surface area contributed by atoms with Crippen molar-refractivity contribution >= 4 is 0 Å². The van der Waals surface area contributed by atoms with Gasteiger partial charge in [0, 0.05) is 12.7 Å². The fraction of sp³-hybridized carbons (Fsp3) is 0.867. The third kappa shape index (κ3) is 5.21. The van der Waals surface area contributed by atoms with E-state index in [0.29, 0.717) is 18.4 Å². The summed E-state index contributed by atoms with van der Waals surface area (Å²) in [4.78, 5) is 0. The molecule has 5 nitrogen and oxygen atoms in total. The second-order valence-electron chi connectivity index (χ2n) is 6.50. The van der Waals surface area contributed by atoms with Crippen LogP contribution in [-0.2, 0) is 13.1 Å². The molecule has 2 N–H and O–H groups in total. The number of aromatic nitrogens is 3. The van der Waals surface area contributed by atoms with E-state index in [9.17, 15) is 5.11 Å². The van der Waals surface area contributed by atoms with E-state index in [1.54, 1.807) is 4.68 Å². The molecule has 1 unspecified atom stereocenters. The molecule has 1 saturated carbocycles. The molecule has 1 aliphatic carbocycles. The number of nitrogens with one attached hydrogen (secondary N) is 1. The van der Waals surface area contributed by atoms with Crippen LogP contribution in [0.3, 0.4) is 0 Å². The summed E-state index contributed by atoms with van der Waals surface area (Å²) in [7, 11) is 0. The van der Waals surface area contributed by atoms with Crippen molar-refractivity contribution < 1.29 is 5.11 Å². The predicted octanol–water partition coefficient (Wildman–Crippen LogP) is 1.96. The molecule has 0 amide bonds. The van der Waals surface area contributed by atoms with Crippen molar-refractivity contribution in [3.05, 3.63) is 11.9 Å². The molecular formula is C15H28N4O. The largest absolute Gasteiger partial charge is 0.391 e. The number of nitrogens with zero attached hydrogens (tertiary/aromatic N) is 3. The highest BCUT2D eigenvalue weighted by Gasteiger charge is 2.19. The monoisotopic (exact) mass is 280 g/mol. The molecule has 1 aromatic rings. The molecule has 1 aliphatic rings. The molecule has 0 bridgehead atoms. The molecule has 114 valence electrons. The van der Waals surface area contributed by atoms with Crippen LogP contribution in [0.2, 0.25) is 0 Å². The Kier molecular flexibility index (Phi) is 5.98. The van der Waals surface area contributed by atoms with Gasteiger partial charge in [-0.25, -0.2) is 4.68 Å². The average molecular weight is 280 g/mol. The Morgan fingerprint density at radius 3 is 2.85 bits per heavy atom. The van der Waals surface area contributed by atoms with E-state index < -0.39 is 0 Å². The van der Waals surface area contributed by atoms with E-state index in [-0.39, 0.29) is 6.10 Å². The summed E-state index contributed by atoms with van der Waals surface area (Å²) in [5, 5.41) is 21.7. The number of hydrogen-bond donors (Lipinski definition) is 2. The zero-order valence-electron chi connectivity index (χ0n) is 12.8. The molecule has 0 spiro atoms. The zero-order chi connectivity index (χ0) is 14.4. The van der Waals surface area contributed by atoms with Gasteiger partial charge in [0.15, 0.2) is 0 Å². The van der Waals surface area contributed by atoms with E-state index in [2.05, 4.69) is 29.5 Å². The van der Waals surface area contributed by atoms with E-state index >= 15 is 0 Å². The summed E-state index contributed by atoms with van der Waals surface area (Å²) >= 11 is 0. The van der Waals surface area contributed by atoms with E-state index in [1.807, 2.05) is 6.20 Å². The van der Waals surface area contributed by atoms with Crippen molar-refractivity contribution in [1.29, 1.82) is 0 Å². The second kappa shape index (κ2) is 7.74. The average Bonchev–Trinajstić information content (AvgIpc) is 3.01. The maximum absolute atomic E-state index is 10.1. The molecule has 1 heterocycles. The van der Waals surface area contributed by atoms with E-state index in [0.717, 1.165) is 25.2 Å². The van der Waals surface area contributed by atoms with Gasteiger partial charge in [-0.15, -0.1) is 5.10 Å². The van der Waals surface area contributed by atoms with Crippen LogP contribution in [0.4, 0.5) is 0 Å². The lowest BCUT2D eigenvalue weighted by molar-refractivity contribution is 0.120. The lowest BCUT2D eigenvalue weighted by atomic mass is 10.0. The summed E-state index contributed by atoms with van der Waals surface area (Å²) in [6.45, 7) is 6.66. The van der Waals surface area contributed by atoms with Crippen LogP contribution in [0.25, 0.3) is 0 Å². The topological polar surface area (TPSA) is 63.0 Å². The summed E-state index contributed by atoms with van der Waals surface area (Å²) in [6.07, 6.45) is 7.75. The van der Waals surface area contributed by atoms with Crippen molar-refractivity contribution in [2.45, 2.75) is 65.1 Å². The smallest absolute Gasteiger partial charge is 0.0964 e. The normalized spacial score (nSPS) is 18.0. The van der Waals surface area contributed by atoms with E-state index in [1.165, 1.54) is 25.7 Å². The van der Waals surface area contributed by atoms with Crippen LogP contribution in [0.5, 0.6) is 0 Å². The fourth-order valence-electron chi connectivity index (χ4n) is 2.92. The first-order valence-electron chi connectivity index (χ1n) is 7.91. The Labute approximate surface area is 121 Å². The Morgan fingerprint density at radius 1 is 1.40 bits per heavy atom. The van der Waals surface area contributed by atoms with Crippen LogP contribution < -0.4 is 5.32 Å². The maximum Gasteiger partial charge on any atom is 0.0964 e. The van der Waals surface area contributed by atoms with Gasteiger partial charge in [0.1, 0.15) is 0 Å². The Balaban J connectivity index is 1.71. The summed E-state index contributed by atoms with van der Waals surface area (Å²) in [6, 6.07) is 0. The summed E-state index contributed by atoms with van der Waals surface area (Å²) in [5.74, 6) is 1.35. The highest BCUT2D eigenvalue weighted by Crippen LogP contribution is 2.28. The number of hydrogen-bond acceptors (Lipinski definition) is 4. The number of aliphatic hydroxyl groups excluding tert-OH is 1. The Bertz CT molecular complexity index is 385. The second-order valence-corrected chi connectivity index (χ2v) is 6.50. The first-order valence-corrected chi connectivity index (χ1v) is 7.91. The maximum atomic E-state index is 10.1. The fourth-order valence-corrected chi connectivity index (χ4v) is 2.92. The lowest BCUT2D eigenvalue weighted by Gasteiger charge is -2.14.